The molecular weight excluding hydrogens is 331 g/mol. The summed E-state index contributed by atoms with van der Waals surface area (Å²) in [7, 11) is 4.11. The second kappa shape index (κ2) is 8.31. The molecule has 140 valence electrons. The summed E-state index contributed by atoms with van der Waals surface area (Å²) in [4.78, 5) is 15.9. The predicted molar refractivity (Wildman–Crippen MR) is 105 cm³/mol. The Kier molecular flexibility index (Phi) is 5.88. The summed E-state index contributed by atoms with van der Waals surface area (Å²) in [5.74, 6) is 1.45. The minimum Gasteiger partial charge on any atom is -0.369 e. The monoisotopic (exact) mass is 358 g/mol. The van der Waals surface area contributed by atoms with E-state index in [2.05, 4.69) is 44.1 Å². The molecule has 1 aliphatic heterocycles. The Hall–Kier alpha value is -2.41. The number of nitrogens with zero attached hydrogens (tertiary/aromatic N) is 5. The van der Waals surface area contributed by atoms with Crippen molar-refractivity contribution in [2.75, 3.05) is 68.5 Å². The molecule has 2 heterocycles. The zero-order valence-corrected chi connectivity index (χ0v) is 15.7. The number of hydrogen-bond acceptors (Lipinski definition) is 6. The van der Waals surface area contributed by atoms with E-state index >= 15 is 0 Å². The molecule has 1 saturated heterocycles. The van der Waals surface area contributed by atoms with Gasteiger partial charge in [-0.15, -0.1) is 0 Å². The van der Waals surface area contributed by atoms with Gasteiger partial charge in [0.2, 0.25) is 5.95 Å². The summed E-state index contributed by atoms with van der Waals surface area (Å²) in [6.45, 7) is 7.22. The standard InChI is InChI=1S/C19H27FN6/c1-15-14-18(21-8-9-24(2)3)23-19(22-15)26-12-10-25(11-13-26)17-6-4-16(20)5-7-17/h4-7,14H,8-13H2,1-3H3,(H,21,22,23). The van der Waals surface area contributed by atoms with E-state index in [1.165, 1.54) is 12.1 Å². The maximum absolute atomic E-state index is 13.1. The Morgan fingerprint density at radius 1 is 1.04 bits per heavy atom. The molecule has 1 N–H and O–H groups in total. The van der Waals surface area contributed by atoms with Crippen molar-refractivity contribution in [1.82, 2.24) is 14.9 Å². The van der Waals surface area contributed by atoms with Gasteiger partial charge >= 0.3 is 0 Å². The lowest BCUT2D eigenvalue weighted by Crippen LogP contribution is -2.47. The van der Waals surface area contributed by atoms with E-state index in [-0.39, 0.29) is 5.82 Å². The Balaban J connectivity index is 1.61. The van der Waals surface area contributed by atoms with Crippen LogP contribution < -0.4 is 15.1 Å². The van der Waals surface area contributed by atoms with Crippen LogP contribution in [-0.2, 0) is 0 Å². The number of rotatable bonds is 6. The Morgan fingerprint density at radius 3 is 2.35 bits per heavy atom. The normalized spacial score (nSPS) is 14.8. The highest BCUT2D eigenvalue weighted by molar-refractivity contribution is 5.49. The molecule has 0 saturated carbocycles. The molecule has 6 nitrogen and oxygen atoms in total. The molecule has 1 aromatic carbocycles. The van der Waals surface area contributed by atoms with Gasteiger partial charge < -0.3 is 20.0 Å². The zero-order chi connectivity index (χ0) is 18.5. The molecular formula is C19H27FN6. The van der Waals surface area contributed by atoms with Gasteiger partial charge in [0.1, 0.15) is 11.6 Å². The van der Waals surface area contributed by atoms with Crippen LogP contribution in [0.4, 0.5) is 21.8 Å². The Bertz CT molecular complexity index is 710. The topological polar surface area (TPSA) is 47.5 Å². The van der Waals surface area contributed by atoms with Crippen LogP contribution >= 0.6 is 0 Å². The van der Waals surface area contributed by atoms with Gasteiger partial charge in [0, 0.05) is 56.7 Å². The van der Waals surface area contributed by atoms with E-state index in [1.807, 2.05) is 25.1 Å². The van der Waals surface area contributed by atoms with Gasteiger partial charge in [-0.05, 0) is 45.3 Å². The van der Waals surface area contributed by atoms with E-state index in [4.69, 9.17) is 0 Å². The molecule has 2 aromatic rings. The fraction of sp³-hybridized carbons (Fsp3) is 0.474. The molecule has 1 aromatic heterocycles. The first-order valence-corrected chi connectivity index (χ1v) is 9.01. The summed E-state index contributed by atoms with van der Waals surface area (Å²) in [5.41, 5.74) is 2.02. The smallest absolute Gasteiger partial charge is 0.227 e. The van der Waals surface area contributed by atoms with Gasteiger partial charge in [0.05, 0.1) is 0 Å². The van der Waals surface area contributed by atoms with Crippen LogP contribution in [0.15, 0.2) is 30.3 Å². The predicted octanol–water partition coefficient (Wildman–Crippen LogP) is 2.22. The van der Waals surface area contributed by atoms with Gasteiger partial charge in [0.25, 0.3) is 0 Å². The summed E-state index contributed by atoms with van der Waals surface area (Å²) in [5, 5.41) is 3.37. The van der Waals surface area contributed by atoms with Crippen LogP contribution in [0.5, 0.6) is 0 Å². The highest BCUT2D eigenvalue weighted by Crippen LogP contribution is 2.20. The van der Waals surface area contributed by atoms with Crippen LogP contribution in [0.2, 0.25) is 0 Å². The van der Waals surface area contributed by atoms with Crippen LogP contribution in [0.1, 0.15) is 5.69 Å². The van der Waals surface area contributed by atoms with Crippen molar-refractivity contribution in [2.24, 2.45) is 0 Å². The number of nitrogens with one attached hydrogen (secondary N) is 1. The maximum Gasteiger partial charge on any atom is 0.227 e. The lowest BCUT2D eigenvalue weighted by molar-refractivity contribution is 0.425. The van der Waals surface area contributed by atoms with Crippen LogP contribution in [0.25, 0.3) is 0 Å². The number of benzene rings is 1. The average Bonchev–Trinajstić information content (AvgIpc) is 2.62. The van der Waals surface area contributed by atoms with E-state index in [1.54, 1.807) is 0 Å². The fourth-order valence-corrected chi connectivity index (χ4v) is 3.01. The van der Waals surface area contributed by atoms with E-state index in [0.29, 0.717) is 0 Å². The van der Waals surface area contributed by atoms with E-state index in [9.17, 15) is 4.39 Å². The summed E-state index contributed by atoms with van der Waals surface area (Å²) < 4.78 is 13.1. The van der Waals surface area contributed by atoms with E-state index in [0.717, 1.165) is 62.4 Å². The van der Waals surface area contributed by atoms with Gasteiger partial charge in [-0.3, -0.25) is 0 Å². The molecule has 7 heteroatoms. The van der Waals surface area contributed by atoms with Crippen molar-refractivity contribution in [3.63, 3.8) is 0 Å². The molecule has 3 rings (SSSR count). The second-order valence-electron chi connectivity index (χ2n) is 6.88. The Labute approximate surface area is 154 Å². The minimum atomic E-state index is -0.199. The number of piperazine rings is 1. The molecule has 0 aliphatic carbocycles. The van der Waals surface area contributed by atoms with E-state index < -0.39 is 0 Å². The highest BCUT2D eigenvalue weighted by atomic mass is 19.1. The molecule has 26 heavy (non-hydrogen) atoms. The molecule has 0 amide bonds. The first kappa shape index (κ1) is 18.4. The zero-order valence-electron chi connectivity index (χ0n) is 15.7. The number of halogens is 1. The number of anilines is 3. The highest BCUT2D eigenvalue weighted by Gasteiger charge is 2.20. The lowest BCUT2D eigenvalue weighted by atomic mass is 10.2. The van der Waals surface area contributed by atoms with Crippen LogP contribution in [-0.4, -0.2) is 68.2 Å². The van der Waals surface area contributed by atoms with Gasteiger partial charge in [-0.25, -0.2) is 9.37 Å². The molecule has 1 aliphatic rings. The molecule has 0 unspecified atom stereocenters. The molecule has 0 radical (unpaired) electrons. The van der Waals surface area contributed by atoms with Crippen molar-refractivity contribution < 1.29 is 4.39 Å². The first-order valence-electron chi connectivity index (χ1n) is 9.01. The number of aryl methyl sites for hydroxylation is 1. The molecule has 0 atom stereocenters. The number of hydrogen-bond donors (Lipinski definition) is 1. The Morgan fingerprint density at radius 2 is 1.69 bits per heavy atom. The van der Waals surface area contributed by atoms with Gasteiger partial charge in [0.15, 0.2) is 0 Å². The largest absolute Gasteiger partial charge is 0.369 e. The van der Waals surface area contributed by atoms with Crippen molar-refractivity contribution >= 4 is 17.5 Å². The quantitative estimate of drug-likeness (QED) is 0.855. The number of likely N-dealkylation sites (N-methyl/N-ethyl adjacent to an activating group) is 1. The third kappa shape index (κ3) is 4.82. The minimum absolute atomic E-state index is 0.199. The summed E-state index contributed by atoms with van der Waals surface area (Å²) in [6.07, 6.45) is 0. The summed E-state index contributed by atoms with van der Waals surface area (Å²) in [6, 6.07) is 8.67. The van der Waals surface area contributed by atoms with Crippen LogP contribution in [0, 0.1) is 12.7 Å². The average molecular weight is 358 g/mol. The van der Waals surface area contributed by atoms with Gasteiger partial charge in [-0.2, -0.15) is 4.98 Å². The molecule has 0 bridgehead atoms. The summed E-state index contributed by atoms with van der Waals surface area (Å²) >= 11 is 0. The fourth-order valence-electron chi connectivity index (χ4n) is 3.01. The van der Waals surface area contributed by atoms with Crippen molar-refractivity contribution in [3.8, 4) is 0 Å². The van der Waals surface area contributed by atoms with Crippen LogP contribution in [0.3, 0.4) is 0 Å². The van der Waals surface area contributed by atoms with Crippen molar-refractivity contribution in [1.29, 1.82) is 0 Å². The third-order valence-electron chi connectivity index (χ3n) is 4.46. The second-order valence-corrected chi connectivity index (χ2v) is 6.88. The molecule has 0 spiro atoms. The lowest BCUT2D eigenvalue weighted by Gasteiger charge is -2.36. The maximum atomic E-state index is 13.1. The molecule has 1 fully saturated rings. The first-order chi connectivity index (χ1) is 12.5. The SMILES string of the molecule is Cc1cc(NCCN(C)C)nc(N2CCN(c3ccc(F)cc3)CC2)n1. The van der Waals surface area contributed by atoms with Crippen molar-refractivity contribution in [2.45, 2.75) is 6.92 Å². The van der Waals surface area contributed by atoms with Gasteiger partial charge in [-0.1, -0.05) is 0 Å². The van der Waals surface area contributed by atoms with Crippen molar-refractivity contribution in [3.05, 3.63) is 41.8 Å². The third-order valence-corrected chi connectivity index (χ3v) is 4.46. The number of aromatic nitrogens is 2.